The van der Waals surface area contributed by atoms with E-state index in [-0.39, 0.29) is 30.2 Å². The van der Waals surface area contributed by atoms with Crippen molar-refractivity contribution < 1.29 is 18.7 Å². The molecule has 1 aliphatic heterocycles. The highest BCUT2D eigenvalue weighted by molar-refractivity contribution is 7.99. The fourth-order valence-electron chi connectivity index (χ4n) is 3.73. The van der Waals surface area contributed by atoms with Crippen LogP contribution in [0.15, 0.2) is 35.4 Å². The van der Waals surface area contributed by atoms with Crippen LogP contribution in [0.4, 0.5) is 10.2 Å². The number of nitrogens with zero attached hydrogens (tertiary/aromatic N) is 2. The Hall–Kier alpha value is -2.61. The predicted octanol–water partition coefficient (Wildman–Crippen LogP) is 3.96. The van der Waals surface area contributed by atoms with E-state index in [2.05, 4.69) is 10.2 Å². The van der Waals surface area contributed by atoms with Crippen molar-refractivity contribution in [3.63, 3.8) is 0 Å². The molecular weight excluding hydrogens is 417 g/mol. The van der Waals surface area contributed by atoms with Gasteiger partial charge in [-0.2, -0.15) is 0 Å². The average molecular weight is 446 g/mol. The molecule has 166 valence electrons. The molecule has 31 heavy (non-hydrogen) atoms. The first kappa shape index (κ1) is 23.1. The third-order valence-electron chi connectivity index (χ3n) is 5.37. The van der Waals surface area contributed by atoms with Crippen molar-refractivity contribution in [1.29, 1.82) is 0 Å². The first-order chi connectivity index (χ1) is 14.9. The van der Waals surface area contributed by atoms with E-state index in [1.165, 1.54) is 31.0 Å². The molecule has 8 heteroatoms. The monoisotopic (exact) mass is 445 g/mol. The van der Waals surface area contributed by atoms with Gasteiger partial charge in [0.05, 0.1) is 18.6 Å². The fourth-order valence-corrected chi connectivity index (χ4v) is 4.56. The SMILES string of the molecule is CCSc1nc(N2CCC(C(=O)OC)CC2)cc(C)c1C(=O)NCc1cccc(F)c1. The van der Waals surface area contributed by atoms with Crippen LogP contribution in [0.2, 0.25) is 0 Å². The Balaban J connectivity index is 1.75. The fraction of sp³-hybridized carbons (Fsp3) is 0.435. The number of anilines is 1. The van der Waals surface area contributed by atoms with Crippen LogP contribution in [0.1, 0.15) is 41.3 Å². The van der Waals surface area contributed by atoms with Gasteiger partial charge in [-0.3, -0.25) is 9.59 Å². The molecule has 1 aromatic heterocycles. The molecule has 2 heterocycles. The number of aryl methyl sites for hydroxylation is 1. The zero-order valence-electron chi connectivity index (χ0n) is 18.1. The molecule has 6 nitrogen and oxygen atoms in total. The zero-order chi connectivity index (χ0) is 22.4. The summed E-state index contributed by atoms with van der Waals surface area (Å²) < 4.78 is 18.3. The summed E-state index contributed by atoms with van der Waals surface area (Å²) in [5.74, 6) is 0.826. The second-order valence-electron chi connectivity index (χ2n) is 7.51. The van der Waals surface area contributed by atoms with Crippen molar-refractivity contribution in [2.24, 2.45) is 5.92 Å². The smallest absolute Gasteiger partial charge is 0.308 e. The van der Waals surface area contributed by atoms with Crippen LogP contribution < -0.4 is 10.2 Å². The maximum absolute atomic E-state index is 13.4. The lowest BCUT2D eigenvalue weighted by molar-refractivity contribution is -0.146. The number of piperidine rings is 1. The van der Waals surface area contributed by atoms with Crippen LogP contribution in [0.5, 0.6) is 0 Å². The predicted molar refractivity (Wildman–Crippen MR) is 120 cm³/mol. The second-order valence-corrected chi connectivity index (χ2v) is 8.76. The molecule has 1 N–H and O–H groups in total. The molecule has 0 atom stereocenters. The van der Waals surface area contributed by atoms with Crippen LogP contribution in [0.3, 0.4) is 0 Å². The van der Waals surface area contributed by atoms with Gasteiger partial charge in [-0.1, -0.05) is 19.1 Å². The van der Waals surface area contributed by atoms with Crippen molar-refractivity contribution in [1.82, 2.24) is 10.3 Å². The molecular formula is C23H28FN3O3S. The van der Waals surface area contributed by atoms with Crippen molar-refractivity contribution in [2.75, 3.05) is 30.9 Å². The van der Waals surface area contributed by atoms with Crippen molar-refractivity contribution >= 4 is 29.5 Å². The summed E-state index contributed by atoms with van der Waals surface area (Å²) in [5, 5.41) is 3.57. The van der Waals surface area contributed by atoms with Crippen molar-refractivity contribution in [2.45, 2.75) is 38.3 Å². The number of esters is 1. The lowest BCUT2D eigenvalue weighted by Crippen LogP contribution is -2.37. The van der Waals surface area contributed by atoms with E-state index in [1.807, 2.05) is 19.9 Å². The summed E-state index contributed by atoms with van der Waals surface area (Å²) in [6, 6.07) is 8.11. The molecule has 1 saturated heterocycles. The number of rotatable bonds is 7. The number of aromatic nitrogens is 1. The Morgan fingerprint density at radius 3 is 2.68 bits per heavy atom. The number of hydrogen-bond acceptors (Lipinski definition) is 6. The molecule has 0 aliphatic carbocycles. The maximum Gasteiger partial charge on any atom is 0.308 e. The van der Waals surface area contributed by atoms with E-state index in [4.69, 9.17) is 9.72 Å². The van der Waals surface area contributed by atoms with Crippen molar-refractivity contribution in [3.8, 4) is 0 Å². The lowest BCUT2D eigenvalue weighted by atomic mass is 9.97. The number of benzene rings is 1. The largest absolute Gasteiger partial charge is 0.469 e. The van der Waals surface area contributed by atoms with Gasteiger partial charge in [0.1, 0.15) is 16.7 Å². The minimum atomic E-state index is -0.327. The Bertz CT molecular complexity index is 946. The summed E-state index contributed by atoms with van der Waals surface area (Å²) in [6.07, 6.45) is 1.44. The van der Waals surface area contributed by atoms with Gasteiger partial charge < -0.3 is 15.0 Å². The van der Waals surface area contributed by atoms with E-state index in [9.17, 15) is 14.0 Å². The van der Waals surface area contributed by atoms with E-state index < -0.39 is 0 Å². The molecule has 0 spiro atoms. The Labute approximate surface area is 186 Å². The number of halogens is 1. The van der Waals surface area contributed by atoms with Crippen LogP contribution in [0, 0.1) is 18.7 Å². The van der Waals surface area contributed by atoms with Crippen LogP contribution in [-0.2, 0) is 16.1 Å². The quantitative estimate of drug-likeness (QED) is 0.514. The van der Waals surface area contributed by atoms with Crippen LogP contribution in [-0.4, -0.2) is 42.8 Å². The number of pyridine rings is 1. The number of methoxy groups -OCH3 is 1. The molecule has 2 aromatic rings. The highest BCUT2D eigenvalue weighted by atomic mass is 32.2. The number of hydrogen-bond donors (Lipinski definition) is 1. The second kappa shape index (κ2) is 10.6. The number of carbonyl (C=O) groups is 2. The number of carbonyl (C=O) groups excluding carboxylic acids is 2. The maximum atomic E-state index is 13.4. The van der Waals surface area contributed by atoms with Gasteiger partial charge in [-0.25, -0.2) is 9.37 Å². The average Bonchev–Trinajstić information content (AvgIpc) is 2.77. The summed E-state index contributed by atoms with van der Waals surface area (Å²) >= 11 is 1.52. The normalized spacial score (nSPS) is 14.4. The van der Waals surface area contributed by atoms with Crippen molar-refractivity contribution in [3.05, 3.63) is 52.8 Å². The van der Waals surface area contributed by atoms with Crippen LogP contribution in [0.25, 0.3) is 0 Å². The minimum Gasteiger partial charge on any atom is -0.469 e. The summed E-state index contributed by atoms with van der Waals surface area (Å²) in [5.41, 5.74) is 2.10. The molecule has 0 unspecified atom stereocenters. The van der Waals surface area contributed by atoms with Gasteiger partial charge in [0.2, 0.25) is 0 Å². The highest BCUT2D eigenvalue weighted by Crippen LogP contribution is 2.30. The van der Waals surface area contributed by atoms with Gasteiger partial charge in [0, 0.05) is 19.6 Å². The molecule has 1 fully saturated rings. The molecule has 1 aliphatic rings. The number of thioether (sulfide) groups is 1. The number of ether oxygens (including phenoxy) is 1. The van der Waals surface area contributed by atoms with Crippen LogP contribution >= 0.6 is 11.8 Å². The lowest BCUT2D eigenvalue weighted by Gasteiger charge is -2.32. The van der Waals surface area contributed by atoms with E-state index in [1.54, 1.807) is 12.1 Å². The third-order valence-corrected chi connectivity index (χ3v) is 6.23. The molecule has 0 bridgehead atoms. The molecule has 0 saturated carbocycles. The van der Waals surface area contributed by atoms with Gasteiger partial charge in [-0.05, 0) is 54.8 Å². The first-order valence-electron chi connectivity index (χ1n) is 10.4. The molecule has 1 amide bonds. The standard InChI is InChI=1S/C23H28FN3O3S/c1-4-31-22-20(21(28)25-14-16-6-5-7-18(24)13-16)15(2)12-19(26-22)27-10-8-17(9-11-27)23(29)30-3/h5-7,12-13,17H,4,8-11,14H2,1-3H3,(H,25,28). The summed E-state index contributed by atoms with van der Waals surface area (Å²) in [6.45, 7) is 5.60. The summed E-state index contributed by atoms with van der Waals surface area (Å²) in [7, 11) is 1.42. The topological polar surface area (TPSA) is 71.5 Å². The first-order valence-corrected chi connectivity index (χ1v) is 11.4. The minimum absolute atomic E-state index is 0.0697. The highest BCUT2D eigenvalue weighted by Gasteiger charge is 2.27. The molecule has 3 rings (SSSR count). The zero-order valence-corrected chi connectivity index (χ0v) is 18.9. The number of amides is 1. The molecule has 1 aromatic carbocycles. The van der Waals surface area contributed by atoms with E-state index in [0.29, 0.717) is 29.2 Å². The number of nitrogens with one attached hydrogen (secondary N) is 1. The molecule has 0 radical (unpaired) electrons. The van der Waals surface area contributed by atoms with E-state index >= 15 is 0 Å². The Morgan fingerprint density at radius 2 is 2.03 bits per heavy atom. The van der Waals surface area contributed by atoms with E-state index in [0.717, 1.165) is 30.0 Å². The van der Waals surface area contributed by atoms with Gasteiger partial charge in [0.15, 0.2) is 0 Å². The Kier molecular flexibility index (Phi) is 7.90. The summed E-state index contributed by atoms with van der Waals surface area (Å²) in [4.78, 5) is 31.6. The third kappa shape index (κ3) is 5.76. The van der Waals surface area contributed by atoms with Gasteiger partial charge in [-0.15, -0.1) is 11.8 Å². The van der Waals surface area contributed by atoms with Gasteiger partial charge >= 0.3 is 5.97 Å². The van der Waals surface area contributed by atoms with Gasteiger partial charge in [0.25, 0.3) is 5.91 Å². The Morgan fingerprint density at radius 1 is 1.29 bits per heavy atom.